The summed E-state index contributed by atoms with van der Waals surface area (Å²) < 4.78 is 15.7. The standard InChI is InChI=1S/C15H16O5/c1-5-6-10-13(18-4)8(2)11-7-19-15(17)12(11)14(10)20-9(3)16/h5H,1,6-7H2,2-4H3. The lowest BCUT2D eigenvalue weighted by Crippen LogP contribution is -2.11. The van der Waals surface area contributed by atoms with Crippen LogP contribution in [-0.4, -0.2) is 19.0 Å². The average Bonchev–Trinajstić information content (AvgIpc) is 2.77. The van der Waals surface area contributed by atoms with Crippen LogP contribution in [0.5, 0.6) is 11.5 Å². The smallest absolute Gasteiger partial charge is 0.342 e. The van der Waals surface area contributed by atoms with E-state index in [9.17, 15) is 9.59 Å². The van der Waals surface area contributed by atoms with Gasteiger partial charge in [-0.2, -0.15) is 0 Å². The molecule has 1 heterocycles. The molecule has 0 amide bonds. The molecule has 0 N–H and O–H groups in total. The Hall–Kier alpha value is -2.30. The van der Waals surface area contributed by atoms with Crippen molar-refractivity contribution < 1.29 is 23.8 Å². The summed E-state index contributed by atoms with van der Waals surface area (Å²) in [6, 6.07) is 0. The Morgan fingerprint density at radius 1 is 1.45 bits per heavy atom. The van der Waals surface area contributed by atoms with Crippen LogP contribution >= 0.6 is 0 Å². The zero-order valence-corrected chi connectivity index (χ0v) is 11.7. The number of esters is 2. The molecule has 5 heteroatoms. The molecule has 0 spiro atoms. The SMILES string of the molecule is C=CCc1c(OC)c(C)c2c(c1OC(C)=O)C(=O)OC2. The van der Waals surface area contributed by atoms with Crippen molar-refractivity contribution in [1.29, 1.82) is 0 Å². The summed E-state index contributed by atoms with van der Waals surface area (Å²) in [5.74, 6) is -0.161. The minimum absolute atomic E-state index is 0.166. The second-order valence-electron chi connectivity index (χ2n) is 4.48. The molecule has 1 aromatic rings. The summed E-state index contributed by atoms with van der Waals surface area (Å²) in [7, 11) is 1.54. The molecule has 1 aliphatic heterocycles. The highest BCUT2D eigenvalue weighted by Gasteiger charge is 2.33. The number of carbonyl (C=O) groups is 2. The maximum Gasteiger partial charge on any atom is 0.342 e. The van der Waals surface area contributed by atoms with Gasteiger partial charge in [0, 0.05) is 18.1 Å². The van der Waals surface area contributed by atoms with Gasteiger partial charge in [-0.15, -0.1) is 6.58 Å². The summed E-state index contributed by atoms with van der Waals surface area (Å²) in [5.41, 5.74) is 2.47. The van der Waals surface area contributed by atoms with Crippen molar-refractivity contribution in [3.63, 3.8) is 0 Å². The van der Waals surface area contributed by atoms with Crippen LogP contribution in [0.4, 0.5) is 0 Å². The molecule has 0 saturated heterocycles. The molecule has 0 fully saturated rings. The van der Waals surface area contributed by atoms with E-state index in [1.54, 1.807) is 6.08 Å². The fraction of sp³-hybridized carbons (Fsp3) is 0.333. The highest BCUT2D eigenvalue weighted by atomic mass is 16.6. The Morgan fingerprint density at radius 2 is 2.15 bits per heavy atom. The third-order valence-electron chi connectivity index (χ3n) is 3.22. The molecule has 1 aliphatic rings. The van der Waals surface area contributed by atoms with E-state index in [-0.39, 0.29) is 12.4 Å². The van der Waals surface area contributed by atoms with Gasteiger partial charge in [0.1, 0.15) is 17.9 Å². The lowest BCUT2D eigenvalue weighted by atomic mass is 9.95. The number of methoxy groups -OCH3 is 1. The first kappa shape index (κ1) is 14.1. The van der Waals surface area contributed by atoms with E-state index >= 15 is 0 Å². The van der Waals surface area contributed by atoms with Crippen molar-refractivity contribution in [2.75, 3.05) is 7.11 Å². The van der Waals surface area contributed by atoms with Gasteiger partial charge in [-0.3, -0.25) is 4.79 Å². The molecule has 0 saturated carbocycles. The zero-order chi connectivity index (χ0) is 14.9. The van der Waals surface area contributed by atoms with Crippen molar-refractivity contribution in [2.45, 2.75) is 26.9 Å². The van der Waals surface area contributed by atoms with Crippen LogP contribution in [0.25, 0.3) is 0 Å². The Kier molecular flexibility index (Phi) is 3.79. The van der Waals surface area contributed by atoms with Crippen LogP contribution in [0.15, 0.2) is 12.7 Å². The maximum atomic E-state index is 11.9. The van der Waals surface area contributed by atoms with Gasteiger partial charge in [0.2, 0.25) is 0 Å². The quantitative estimate of drug-likeness (QED) is 0.480. The van der Waals surface area contributed by atoms with Crippen LogP contribution in [-0.2, 0) is 22.6 Å². The average molecular weight is 276 g/mol. The molecule has 20 heavy (non-hydrogen) atoms. The fourth-order valence-corrected chi connectivity index (χ4v) is 2.41. The minimum atomic E-state index is -0.497. The number of cyclic esters (lactones) is 1. The number of rotatable bonds is 4. The number of hydrogen-bond acceptors (Lipinski definition) is 5. The van der Waals surface area contributed by atoms with E-state index < -0.39 is 11.9 Å². The Bertz CT molecular complexity index is 601. The number of benzene rings is 1. The highest BCUT2D eigenvalue weighted by Crippen LogP contribution is 2.42. The van der Waals surface area contributed by atoms with Gasteiger partial charge < -0.3 is 14.2 Å². The fourth-order valence-electron chi connectivity index (χ4n) is 2.41. The Morgan fingerprint density at radius 3 is 2.70 bits per heavy atom. The van der Waals surface area contributed by atoms with Crippen LogP contribution in [0, 0.1) is 6.92 Å². The van der Waals surface area contributed by atoms with E-state index in [0.717, 1.165) is 5.56 Å². The summed E-state index contributed by atoms with van der Waals surface area (Å²) in [6.45, 7) is 6.99. The first-order valence-electron chi connectivity index (χ1n) is 6.20. The van der Waals surface area contributed by atoms with Gasteiger partial charge in [-0.05, 0) is 18.9 Å². The number of carbonyl (C=O) groups excluding carboxylic acids is 2. The molecule has 1 aromatic carbocycles. The lowest BCUT2D eigenvalue weighted by molar-refractivity contribution is -0.131. The summed E-state index contributed by atoms with van der Waals surface area (Å²) in [5, 5.41) is 0. The first-order chi connectivity index (χ1) is 9.51. The lowest BCUT2D eigenvalue weighted by Gasteiger charge is -2.17. The van der Waals surface area contributed by atoms with E-state index in [1.807, 2.05) is 6.92 Å². The van der Waals surface area contributed by atoms with Gasteiger partial charge >= 0.3 is 11.9 Å². The number of ether oxygens (including phenoxy) is 3. The summed E-state index contributed by atoms with van der Waals surface area (Å²) >= 11 is 0. The predicted molar refractivity (Wildman–Crippen MR) is 72.1 cm³/mol. The van der Waals surface area contributed by atoms with Gasteiger partial charge in [-0.25, -0.2) is 4.79 Å². The molecule has 0 atom stereocenters. The monoisotopic (exact) mass is 276 g/mol. The maximum absolute atomic E-state index is 11.9. The van der Waals surface area contributed by atoms with Crippen molar-refractivity contribution >= 4 is 11.9 Å². The molecule has 0 bridgehead atoms. The Balaban J connectivity index is 2.78. The van der Waals surface area contributed by atoms with Crippen LogP contribution in [0.1, 0.15) is 34.0 Å². The predicted octanol–water partition coefficient (Wildman–Crippen LogP) is 2.33. The van der Waals surface area contributed by atoms with Gasteiger partial charge in [0.15, 0.2) is 5.75 Å². The third-order valence-corrected chi connectivity index (χ3v) is 3.22. The van der Waals surface area contributed by atoms with Crippen LogP contribution in [0.3, 0.4) is 0 Å². The van der Waals surface area contributed by atoms with E-state index in [2.05, 4.69) is 6.58 Å². The topological polar surface area (TPSA) is 61.8 Å². The van der Waals surface area contributed by atoms with Crippen molar-refractivity contribution in [2.24, 2.45) is 0 Å². The molecule has 0 radical (unpaired) electrons. The second kappa shape index (κ2) is 5.36. The highest BCUT2D eigenvalue weighted by molar-refractivity contribution is 5.99. The molecule has 0 aromatic heterocycles. The van der Waals surface area contributed by atoms with Crippen molar-refractivity contribution in [1.82, 2.24) is 0 Å². The molecule has 5 nitrogen and oxygen atoms in total. The number of hydrogen-bond donors (Lipinski definition) is 0. The van der Waals surface area contributed by atoms with Crippen molar-refractivity contribution in [3.05, 3.63) is 34.9 Å². The molecule has 0 unspecified atom stereocenters. The van der Waals surface area contributed by atoms with E-state index in [0.29, 0.717) is 28.9 Å². The third kappa shape index (κ3) is 2.15. The molecule has 106 valence electrons. The molecular weight excluding hydrogens is 260 g/mol. The van der Waals surface area contributed by atoms with E-state index in [4.69, 9.17) is 14.2 Å². The Labute approximate surface area is 117 Å². The molecule has 2 rings (SSSR count). The normalized spacial score (nSPS) is 12.7. The molecule has 0 aliphatic carbocycles. The minimum Gasteiger partial charge on any atom is -0.496 e. The van der Waals surface area contributed by atoms with Crippen molar-refractivity contribution in [3.8, 4) is 11.5 Å². The van der Waals surface area contributed by atoms with Gasteiger partial charge in [0.25, 0.3) is 0 Å². The van der Waals surface area contributed by atoms with Gasteiger partial charge in [0.05, 0.1) is 7.11 Å². The van der Waals surface area contributed by atoms with Gasteiger partial charge in [-0.1, -0.05) is 6.08 Å². The summed E-state index contributed by atoms with van der Waals surface area (Å²) in [4.78, 5) is 23.2. The molecular formula is C15H16O5. The largest absolute Gasteiger partial charge is 0.496 e. The van der Waals surface area contributed by atoms with Crippen LogP contribution < -0.4 is 9.47 Å². The first-order valence-corrected chi connectivity index (χ1v) is 6.20. The number of fused-ring (bicyclic) bond motifs is 1. The summed E-state index contributed by atoms with van der Waals surface area (Å²) in [6.07, 6.45) is 2.09. The van der Waals surface area contributed by atoms with Crippen LogP contribution in [0.2, 0.25) is 0 Å². The zero-order valence-electron chi connectivity index (χ0n) is 11.7. The van der Waals surface area contributed by atoms with E-state index in [1.165, 1.54) is 14.0 Å². The second-order valence-corrected chi connectivity index (χ2v) is 4.48. The number of allylic oxidation sites excluding steroid dienone is 1.